The molecule has 0 aliphatic carbocycles. The molecule has 0 atom stereocenters. The van der Waals surface area contributed by atoms with Crippen molar-refractivity contribution in [2.24, 2.45) is 0 Å². The summed E-state index contributed by atoms with van der Waals surface area (Å²) in [6.45, 7) is 0. The SMILES string of the molecule is O=C(NC(=S)Nc1ccc(Cl)cc1C(=O)c1ccccc1)c1cccc(F)c1. The Labute approximate surface area is 171 Å². The van der Waals surface area contributed by atoms with E-state index in [0.717, 1.165) is 6.07 Å². The molecular weight excluding hydrogens is 399 g/mol. The molecule has 3 aromatic carbocycles. The summed E-state index contributed by atoms with van der Waals surface area (Å²) in [6.07, 6.45) is 0. The summed E-state index contributed by atoms with van der Waals surface area (Å²) in [5.74, 6) is -1.34. The van der Waals surface area contributed by atoms with Crippen LogP contribution in [0.15, 0.2) is 72.8 Å². The normalized spacial score (nSPS) is 10.2. The Morgan fingerprint density at radius 2 is 1.61 bits per heavy atom. The van der Waals surface area contributed by atoms with Gasteiger partial charge in [-0.3, -0.25) is 14.9 Å². The summed E-state index contributed by atoms with van der Waals surface area (Å²) >= 11 is 11.2. The number of anilines is 1. The van der Waals surface area contributed by atoms with Gasteiger partial charge in [0.15, 0.2) is 10.9 Å². The zero-order chi connectivity index (χ0) is 20.1. The van der Waals surface area contributed by atoms with Crippen LogP contribution >= 0.6 is 23.8 Å². The quantitative estimate of drug-likeness (QED) is 0.475. The Hall–Kier alpha value is -3.09. The molecule has 1 amide bonds. The van der Waals surface area contributed by atoms with Gasteiger partial charge in [-0.05, 0) is 48.6 Å². The predicted molar refractivity (Wildman–Crippen MR) is 111 cm³/mol. The number of hydrogen-bond donors (Lipinski definition) is 2. The topological polar surface area (TPSA) is 58.2 Å². The second-order valence-electron chi connectivity index (χ2n) is 5.80. The van der Waals surface area contributed by atoms with Gasteiger partial charge in [-0.25, -0.2) is 4.39 Å². The van der Waals surface area contributed by atoms with E-state index in [1.807, 2.05) is 6.07 Å². The van der Waals surface area contributed by atoms with Crippen LogP contribution in [0.5, 0.6) is 0 Å². The van der Waals surface area contributed by atoms with Crippen molar-refractivity contribution in [1.29, 1.82) is 0 Å². The van der Waals surface area contributed by atoms with E-state index >= 15 is 0 Å². The molecule has 3 aromatic rings. The highest BCUT2D eigenvalue weighted by Gasteiger charge is 2.16. The molecule has 7 heteroatoms. The van der Waals surface area contributed by atoms with Crippen molar-refractivity contribution in [3.63, 3.8) is 0 Å². The van der Waals surface area contributed by atoms with Crippen LogP contribution in [0, 0.1) is 5.82 Å². The van der Waals surface area contributed by atoms with Gasteiger partial charge in [0, 0.05) is 21.7 Å². The first-order valence-corrected chi connectivity index (χ1v) is 9.00. The summed E-state index contributed by atoms with van der Waals surface area (Å²) in [6, 6.07) is 18.7. The van der Waals surface area contributed by atoms with E-state index < -0.39 is 11.7 Å². The molecule has 0 aliphatic heterocycles. The molecular formula is C21H14ClFN2O2S. The van der Waals surface area contributed by atoms with Crippen LogP contribution in [-0.2, 0) is 0 Å². The van der Waals surface area contributed by atoms with E-state index in [1.54, 1.807) is 36.4 Å². The molecule has 0 saturated carbocycles. The summed E-state index contributed by atoms with van der Waals surface area (Å²) in [5, 5.41) is 5.65. The van der Waals surface area contributed by atoms with Crippen molar-refractivity contribution < 1.29 is 14.0 Å². The van der Waals surface area contributed by atoms with E-state index in [2.05, 4.69) is 10.6 Å². The second kappa shape index (κ2) is 8.73. The summed E-state index contributed by atoms with van der Waals surface area (Å²) in [5.41, 5.74) is 1.31. The number of thiocarbonyl (C=S) groups is 1. The van der Waals surface area contributed by atoms with Gasteiger partial charge in [0.2, 0.25) is 0 Å². The Morgan fingerprint density at radius 3 is 2.32 bits per heavy atom. The number of hydrogen-bond acceptors (Lipinski definition) is 3. The molecule has 0 fully saturated rings. The fourth-order valence-electron chi connectivity index (χ4n) is 2.52. The minimum absolute atomic E-state index is 0.0290. The average molecular weight is 413 g/mol. The van der Waals surface area contributed by atoms with E-state index in [-0.39, 0.29) is 16.5 Å². The number of carbonyl (C=O) groups is 2. The van der Waals surface area contributed by atoms with Gasteiger partial charge in [-0.1, -0.05) is 48.0 Å². The van der Waals surface area contributed by atoms with Crippen molar-refractivity contribution >= 4 is 46.3 Å². The molecule has 0 radical (unpaired) electrons. The van der Waals surface area contributed by atoms with Gasteiger partial charge in [0.05, 0.1) is 5.69 Å². The maximum absolute atomic E-state index is 13.3. The molecule has 0 heterocycles. The Kier molecular flexibility index (Phi) is 6.13. The minimum atomic E-state index is -0.568. The lowest BCUT2D eigenvalue weighted by atomic mass is 10.0. The fourth-order valence-corrected chi connectivity index (χ4v) is 2.89. The molecule has 3 rings (SSSR count). The number of halogens is 2. The smallest absolute Gasteiger partial charge is 0.257 e. The molecule has 0 aromatic heterocycles. The predicted octanol–water partition coefficient (Wildman–Crippen LogP) is 4.84. The lowest BCUT2D eigenvalue weighted by Crippen LogP contribution is -2.34. The first kappa shape index (κ1) is 19.7. The molecule has 0 saturated heterocycles. The standard InChI is InChI=1S/C21H14ClFN2O2S/c22-15-9-10-18(17(12-15)19(26)13-5-2-1-3-6-13)24-21(28)25-20(27)14-7-4-8-16(23)11-14/h1-12H,(H2,24,25,27,28). The zero-order valence-electron chi connectivity index (χ0n) is 14.4. The van der Waals surface area contributed by atoms with Crippen LogP contribution in [0.2, 0.25) is 5.02 Å². The molecule has 0 aliphatic rings. The van der Waals surface area contributed by atoms with E-state index in [9.17, 15) is 14.0 Å². The van der Waals surface area contributed by atoms with Crippen molar-refractivity contribution in [3.8, 4) is 0 Å². The third-order valence-corrected chi connectivity index (χ3v) is 4.26. The largest absolute Gasteiger partial charge is 0.332 e. The van der Waals surface area contributed by atoms with Gasteiger partial charge in [0.1, 0.15) is 5.82 Å². The maximum Gasteiger partial charge on any atom is 0.257 e. The minimum Gasteiger partial charge on any atom is -0.332 e. The molecule has 0 unspecified atom stereocenters. The monoisotopic (exact) mass is 412 g/mol. The maximum atomic E-state index is 13.3. The number of nitrogens with one attached hydrogen (secondary N) is 2. The third kappa shape index (κ3) is 4.79. The highest BCUT2D eigenvalue weighted by Crippen LogP contribution is 2.23. The summed E-state index contributed by atoms with van der Waals surface area (Å²) < 4.78 is 13.3. The van der Waals surface area contributed by atoms with Crippen molar-refractivity contribution in [3.05, 3.63) is 100 Å². The van der Waals surface area contributed by atoms with Crippen LogP contribution in [0.25, 0.3) is 0 Å². The average Bonchev–Trinajstić information content (AvgIpc) is 2.69. The molecule has 4 nitrogen and oxygen atoms in total. The molecule has 0 bridgehead atoms. The van der Waals surface area contributed by atoms with Crippen LogP contribution in [0.1, 0.15) is 26.3 Å². The Bertz CT molecular complexity index is 1060. The fraction of sp³-hybridized carbons (Fsp3) is 0. The number of rotatable bonds is 4. The van der Waals surface area contributed by atoms with Crippen LogP contribution in [0.3, 0.4) is 0 Å². The van der Waals surface area contributed by atoms with E-state index in [1.165, 1.54) is 24.3 Å². The highest BCUT2D eigenvalue weighted by atomic mass is 35.5. The van der Waals surface area contributed by atoms with Crippen molar-refractivity contribution in [1.82, 2.24) is 5.32 Å². The van der Waals surface area contributed by atoms with E-state index in [0.29, 0.717) is 21.8 Å². The Balaban J connectivity index is 1.79. The number of benzene rings is 3. The molecule has 0 spiro atoms. The molecule has 140 valence electrons. The van der Waals surface area contributed by atoms with Gasteiger partial charge < -0.3 is 5.32 Å². The first-order valence-electron chi connectivity index (χ1n) is 8.21. The van der Waals surface area contributed by atoms with Crippen molar-refractivity contribution in [2.45, 2.75) is 0 Å². The van der Waals surface area contributed by atoms with Gasteiger partial charge in [-0.15, -0.1) is 0 Å². The van der Waals surface area contributed by atoms with Gasteiger partial charge >= 0.3 is 0 Å². The van der Waals surface area contributed by atoms with Gasteiger partial charge in [0.25, 0.3) is 5.91 Å². The highest BCUT2D eigenvalue weighted by molar-refractivity contribution is 7.80. The Morgan fingerprint density at radius 1 is 0.893 bits per heavy atom. The first-order chi connectivity index (χ1) is 13.4. The van der Waals surface area contributed by atoms with Crippen molar-refractivity contribution in [2.75, 3.05) is 5.32 Å². The molecule has 28 heavy (non-hydrogen) atoms. The molecule has 2 N–H and O–H groups in total. The third-order valence-electron chi connectivity index (χ3n) is 3.82. The van der Waals surface area contributed by atoms with E-state index in [4.69, 9.17) is 23.8 Å². The zero-order valence-corrected chi connectivity index (χ0v) is 16.0. The number of amides is 1. The number of carbonyl (C=O) groups excluding carboxylic acids is 2. The lowest BCUT2D eigenvalue weighted by Gasteiger charge is -2.13. The number of ketones is 1. The summed E-state index contributed by atoms with van der Waals surface area (Å²) in [4.78, 5) is 25.0. The van der Waals surface area contributed by atoms with Gasteiger partial charge in [-0.2, -0.15) is 0 Å². The summed E-state index contributed by atoms with van der Waals surface area (Å²) in [7, 11) is 0. The second-order valence-corrected chi connectivity index (χ2v) is 6.65. The van der Waals surface area contributed by atoms with Crippen LogP contribution in [0.4, 0.5) is 10.1 Å². The lowest BCUT2D eigenvalue weighted by molar-refractivity contribution is 0.0976. The van der Waals surface area contributed by atoms with Crippen LogP contribution in [-0.4, -0.2) is 16.8 Å². The van der Waals surface area contributed by atoms with Crippen LogP contribution < -0.4 is 10.6 Å².